The van der Waals surface area contributed by atoms with E-state index in [4.69, 9.17) is 4.74 Å². The Morgan fingerprint density at radius 3 is 2.33 bits per heavy atom. The van der Waals surface area contributed by atoms with Gasteiger partial charge in [0.25, 0.3) is 5.91 Å². The van der Waals surface area contributed by atoms with Gasteiger partial charge in [-0.05, 0) is 30.3 Å². The number of amides is 1. The minimum Gasteiger partial charge on any atom is -0.506 e. The van der Waals surface area contributed by atoms with Crippen LogP contribution >= 0.6 is 0 Å². The Balaban J connectivity index is 1.76. The molecule has 0 aromatic heterocycles. The highest BCUT2D eigenvalue weighted by Crippen LogP contribution is 2.23. The van der Waals surface area contributed by atoms with Crippen LogP contribution < -0.4 is 10.1 Å². The Kier molecular flexibility index (Phi) is 4.77. The van der Waals surface area contributed by atoms with Crippen molar-refractivity contribution in [2.75, 3.05) is 5.32 Å². The number of carbonyl (C=O) groups excluding carboxylic acids is 1. The molecule has 3 rings (SSSR count). The number of aromatic hydroxyl groups is 1. The summed E-state index contributed by atoms with van der Waals surface area (Å²) in [4.78, 5) is 12.5. The summed E-state index contributed by atoms with van der Waals surface area (Å²) in [5, 5.41) is 12.5. The molecule has 4 heteroatoms. The van der Waals surface area contributed by atoms with Gasteiger partial charge in [-0.1, -0.05) is 48.5 Å². The fourth-order valence-corrected chi connectivity index (χ4v) is 2.31. The normalized spacial score (nSPS) is 10.2. The smallest absolute Gasteiger partial charge is 0.256 e. The van der Waals surface area contributed by atoms with Crippen molar-refractivity contribution in [3.63, 3.8) is 0 Å². The highest BCUT2D eigenvalue weighted by Gasteiger charge is 2.13. The number of hydrogen-bond acceptors (Lipinski definition) is 3. The first kappa shape index (κ1) is 15.6. The molecule has 2 N–H and O–H groups in total. The molecule has 1 amide bonds. The Bertz CT molecular complexity index is 831. The summed E-state index contributed by atoms with van der Waals surface area (Å²) in [5.74, 6) is 0.487. The van der Waals surface area contributed by atoms with Gasteiger partial charge in [0, 0.05) is 11.1 Å². The molecule has 3 aromatic carbocycles. The van der Waals surface area contributed by atoms with Crippen LogP contribution in [0.5, 0.6) is 11.5 Å². The molecular formula is C20H17NO3. The van der Waals surface area contributed by atoms with Gasteiger partial charge in [0.15, 0.2) is 0 Å². The lowest BCUT2D eigenvalue weighted by molar-refractivity contribution is 0.102. The van der Waals surface area contributed by atoms with E-state index in [-0.39, 0.29) is 18.3 Å². The number of nitrogens with one attached hydrogen (secondary N) is 1. The van der Waals surface area contributed by atoms with Crippen molar-refractivity contribution in [2.45, 2.75) is 6.61 Å². The summed E-state index contributed by atoms with van der Waals surface area (Å²) >= 11 is 0. The van der Waals surface area contributed by atoms with E-state index in [1.54, 1.807) is 30.3 Å². The average Bonchev–Trinajstić information content (AvgIpc) is 2.63. The van der Waals surface area contributed by atoms with Crippen molar-refractivity contribution in [1.82, 2.24) is 0 Å². The molecule has 120 valence electrons. The third-order valence-corrected chi connectivity index (χ3v) is 3.55. The van der Waals surface area contributed by atoms with Gasteiger partial charge in [-0.2, -0.15) is 0 Å². The summed E-state index contributed by atoms with van der Waals surface area (Å²) in [7, 11) is 0. The molecule has 3 aromatic rings. The second kappa shape index (κ2) is 7.33. The minimum absolute atomic E-state index is 0.0314. The Labute approximate surface area is 140 Å². The Hall–Kier alpha value is -3.27. The third-order valence-electron chi connectivity index (χ3n) is 3.55. The molecule has 0 atom stereocenters. The summed E-state index contributed by atoms with van der Waals surface area (Å²) in [6.45, 7) is 0.286. The maximum atomic E-state index is 12.5. The van der Waals surface area contributed by atoms with Crippen LogP contribution in [0.3, 0.4) is 0 Å². The van der Waals surface area contributed by atoms with Crippen molar-refractivity contribution in [1.29, 1.82) is 0 Å². The first-order valence-corrected chi connectivity index (χ1v) is 7.59. The zero-order valence-corrected chi connectivity index (χ0v) is 13.0. The van der Waals surface area contributed by atoms with Crippen LogP contribution in [0.2, 0.25) is 0 Å². The van der Waals surface area contributed by atoms with Gasteiger partial charge in [-0.15, -0.1) is 0 Å². The van der Waals surface area contributed by atoms with E-state index in [0.717, 1.165) is 11.3 Å². The van der Waals surface area contributed by atoms with E-state index in [0.29, 0.717) is 11.3 Å². The van der Waals surface area contributed by atoms with Crippen molar-refractivity contribution in [3.8, 4) is 11.5 Å². The van der Waals surface area contributed by atoms with Crippen LogP contribution in [0.4, 0.5) is 5.69 Å². The quantitative estimate of drug-likeness (QED) is 0.692. The molecule has 4 nitrogen and oxygen atoms in total. The van der Waals surface area contributed by atoms with Gasteiger partial charge >= 0.3 is 0 Å². The van der Waals surface area contributed by atoms with Crippen LogP contribution in [0.1, 0.15) is 15.9 Å². The van der Waals surface area contributed by atoms with E-state index in [2.05, 4.69) is 5.32 Å². The standard InChI is InChI=1S/C20H17NO3/c22-19-13-7-6-12-18(19)21-20(23)17-11-5-4-8-15(17)14-24-16-9-2-1-3-10-16/h1-13,22H,14H2,(H,21,23). The highest BCUT2D eigenvalue weighted by atomic mass is 16.5. The molecule has 0 bridgehead atoms. The van der Waals surface area contributed by atoms with Crippen molar-refractivity contribution in [2.24, 2.45) is 0 Å². The van der Waals surface area contributed by atoms with Crippen LogP contribution in [-0.4, -0.2) is 11.0 Å². The Morgan fingerprint density at radius 1 is 0.875 bits per heavy atom. The fraction of sp³-hybridized carbons (Fsp3) is 0.0500. The first-order valence-electron chi connectivity index (χ1n) is 7.59. The molecule has 0 fully saturated rings. The Morgan fingerprint density at radius 2 is 1.54 bits per heavy atom. The maximum Gasteiger partial charge on any atom is 0.256 e. The number of phenols is 1. The highest BCUT2D eigenvalue weighted by molar-refractivity contribution is 6.05. The number of carbonyl (C=O) groups is 1. The number of anilines is 1. The van der Waals surface area contributed by atoms with Gasteiger partial charge in [0.2, 0.25) is 0 Å². The second-order valence-corrected chi connectivity index (χ2v) is 5.23. The molecule has 0 saturated carbocycles. The van der Waals surface area contributed by atoms with Crippen LogP contribution in [0.15, 0.2) is 78.9 Å². The fourth-order valence-electron chi connectivity index (χ4n) is 2.31. The summed E-state index contributed by atoms with van der Waals surface area (Å²) in [5.41, 5.74) is 1.66. The number of phenolic OH excluding ortho intramolecular Hbond substituents is 1. The lowest BCUT2D eigenvalue weighted by Crippen LogP contribution is -2.15. The lowest BCUT2D eigenvalue weighted by Gasteiger charge is -2.12. The number of rotatable bonds is 5. The van der Waals surface area contributed by atoms with Crippen molar-refractivity contribution >= 4 is 11.6 Å². The second-order valence-electron chi connectivity index (χ2n) is 5.23. The molecule has 0 heterocycles. The zero-order chi connectivity index (χ0) is 16.8. The van der Waals surface area contributed by atoms with Crippen LogP contribution in [-0.2, 0) is 6.61 Å². The predicted molar refractivity (Wildman–Crippen MR) is 93.3 cm³/mol. The monoisotopic (exact) mass is 319 g/mol. The van der Waals surface area contributed by atoms with Gasteiger partial charge in [0.1, 0.15) is 18.1 Å². The molecule has 0 aliphatic rings. The van der Waals surface area contributed by atoms with E-state index in [1.165, 1.54) is 6.07 Å². The van der Waals surface area contributed by atoms with Crippen LogP contribution in [0.25, 0.3) is 0 Å². The SMILES string of the molecule is O=C(Nc1ccccc1O)c1ccccc1COc1ccccc1. The maximum absolute atomic E-state index is 12.5. The average molecular weight is 319 g/mol. The minimum atomic E-state index is -0.288. The molecule has 0 spiro atoms. The first-order chi connectivity index (χ1) is 11.7. The summed E-state index contributed by atoms with van der Waals surface area (Å²) in [6.07, 6.45) is 0. The summed E-state index contributed by atoms with van der Waals surface area (Å²) in [6, 6.07) is 23.3. The van der Waals surface area contributed by atoms with E-state index in [1.807, 2.05) is 42.5 Å². The molecule has 0 radical (unpaired) electrons. The lowest BCUT2D eigenvalue weighted by atomic mass is 10.1. The molecule has 0 aliphatic carbocycles. The third kappa shape index (κ3) is 3.73. The van der Waals surface area contributed by atoms with Gasteiger partial charge in [-0.3, -0.25) is 4.79 Å². The van der Waals surface area contributed by atoms with Crippen molar-refractivity contribution in [3.05, 3.63) is 90.0 Å². The van der Waals surface area contributed by atoms with E-state index >= 15 is 0 Å². The number of hydrogen-bond donors (Lipinski definition) is 2. The molecule has 0 saturated heterocycles. The van der Waals surface area contributed by atoms with Gasteiger partial charge in [-0.25, -0.2) is 0 Å². The van der Waals surface area contributed by atoms with Crippen molar-refractivity contribution < 1.29 is 14.6 Å². The van der Waals surface area contributed by atoms with Gasteiger partial charge < -0.3 is 15.2 Å². The summed E-state index contributed by atoms with van der Waals surface area (Å²) < 4.78 is 5.73. The molecule has 24 heavy (non-hydrogen) atoms. The van der Waals surface area contributed by atoms with Crippen LogP contribution in [0, 0.1) is 0 Å². The molecular weight excluding hydrogens is 302 g/mol. The topological polar surface area (TPSA) is 58.6 Å². The predicted octanol–water partition coefficient (Wildman–Crippen LogP) is 4.22. The van der Waals surface area contributed by atoms with E-state index < -0.39 is 0 Å². The molecule has 0 aliphatic heterocycles. The zero-order valence-electron chi connectivity index (χ0n) is 13.0. The number of benzene rings is 3. The molecule has 0 unspecified atom stereocenters. The largest absolute Gasteiger partial charge is 0.506 e. The van der Waals surface area contributed by atoms with E-state index in [9.17, 15) is 9.90 Å². The number of ether oxygens (including phenoxy) is 1. The number of para-hydroxylation sites is 3. The van der Waals surface area contributed by atoms with Gasteiger partial charge in [0.05, 0.1) is 5.69 Å².